The van der Waals surface area contributed by atoms with Gasteiger partial charge in [0.2, 0.25) is 0 Å². The van der Waals surface area contributed by atoms with Crippen LogP contribution >= 0.6 is 11.3 Å². The van der Waals surface area contributed by atoms with Gasteiger partial charge in [-0.2, -0.15) is 0 Å². The Hall–Kier alpha value is -2.65. The van der Waals surface area contributed by atoms with Crippen LogP contribution in [0.5, 0.6) is 0 Å². The van der Waals surface area contributed by atoms with E-state index in [9.17, 15) is 0 Å². The number of aromatic nitrogens is 2. The van der Waals surface area contributed by atoms with E-state index in [-0.39, 0.29) is 0 Å². The Bertz CT molecular complexity index is 909. The van der Waals surface area contributed by atoms with Gasteiger partial charge in [0.15, 0.2) is 0 Å². The van der Waals surface area contributed by atoms with E-state index in [0.29, 0.717) is 0 Å². The summed E-state index contributed by atoms with van der Waals surface area (Å²) in [6.07, 6.45) is 0. The molecule has 0 bridgehead atoms. The van der Waals surface area contributed by atoms with Crippen LogP contribution < -0.4 is 0 Å². The molecule has 24 heavy (non-hydrogen) atoms. The maximum absolute atomic E-state index is 5.00. The Morgan fingerprint density at radius 1 is 0.792 bits per heavy atom. The summed E-state index contributed by atoms with van der Waals surface area (Å²) in [7, 11) is 2.09. The van der Waals surface area contributed by atoms with Crippen molar-refractivity contribution in [2.45, 2.75) is 6.92 Å². The predicted octanol–water partition coefficient (Wildman–Crippen LogP) is 5.79. The Kier molecular flexibility index (Phi) is 3.79. The van der Waals surface area contributed by atoms with Crippen molar-refractivity contribution < 1.29 is 0 Å². The van der Waals surface area contributed by atoms with Gasteiger partial charge in [0, 0.05) is 18.3 Å². The van der Waals surface area contributed by atoms with Crippen molar-refractivity contribution in [2.75, 3.05) is 0 Å². The summed E-state index contributed by atoms with van der Waals surface area (Å²) in [5.74, 6) is 0. The van der Waals surface area contributed by atoms with E-state index >= 15 is 0 Å². The lowest BCUT2D eigenvalue weighted by molar-refractivity contribution is 0.890. The van der Waals surface area contributed by atoms with E-state index in [1.165, 1.54) is 16.1 Å². The fourth-order valence-corrected chi connectivity index (χ4v) is 3.99. The first-order chi connectivity index (χ1) is 11.7. The van der Waals surface area contributed by atoms with E-state index in [0.717, 1.165) is 22.0 Å². The van der Waals surface area contributed by atoms with Crippen LogP contribution in [0.15, 0.2) is 72.8 Å². The molecule has 0 saturated heterocycles. The van der Waals surface area contributed by atoms with Crippen molar-refractivity contribution in [1.29, 1.82) is 0 Å². The van der Waals surface area contributed by atoms with Gasteiger partial charge in [0.25, 0.3) is 0 Å². The molecule has 0 spiro atoms. The highest BCUT2D eigenvalue weighted by Gasteiger charge is 2.17. The summed E-state index contributed by atoms with van der Waals surface area (Å²) < 4.78 is 2.20. The molecule has 0 aliphatic carbocycles. The molecule has 0 saturated carbocycles. The van der Waals surface area contributed by atoms with Crippen LogP contribution in [0.3, 0.4) is 0 Å². The molecule has 2 aromatic carbocycles. The second-order valence-corrected chi connectivity index (χ2v) is 6.85. The van der Waals surface area contributed by atoms with Crippen LogP contribution in [-0.2, 0) is 7.05 Å². The summed E-state index contributed by atoms with van der Waals surface area (Å²) in [5, 5.41) is 1.06. The smallest absolute Gasteiger partial charge is 0.141 e. The van der Waals surface area contributed by atoms with Crippen molar-refractivity contribution >= 4 is 11.3 Å². The topological polar surface area (TPSA) is 17.8 Å². The lowest BCUT2D eigenvalue weighted by Crippen LogP contribution is -1.93. The minimum Gasteiger partial charge on any atom is -0.346 e. The number of hydrogen-bond donors (Lipinski definition) is 0. The first-order valence-electron chi connectivity index (χ1n) is 7.98. The molecule has 0 atom stereocenters. The predicted molar refractivity (Wildman–Crippen MR) is 102 cm³/mol. The summed E-state index contributed by atoms with van der Waals surface area (Å²) in [6.45, 7) is 2.12. The maximum atomic E-state index is 5.00. The van der Waals surface area contributed by atoms with Gasteiger partial charge < -0.3 is 4.57 Å². The molecule has 0 N–H and O–H groups in total. The molecule has 0 unspecified atom stereocenters. The molecule has 3 heteroatoms. The van der Waals surface area contributed by atoms with Crippen LogP contribution in [0.1, 0.15) is 5.69 Å². The minimum absolute atomic E-state index is 1.06. The van der Waals surface area contributed by atoms with Crippen molar-refractivity contribution in [3.8, 4) is 32.4 Å². The molecule has 2 aromatic heterocycles. The SMILES string of the molecule is Cc1ccc(-c2nc(-c3ccccc3)c(-c3ccccc3)s2)n1C. The Labute approximate surface area is 146 Å². The van der Waals surface area contributed by atoms with Crippen LogP contribution in [0.25, 0.3) is 32.4 Å². The lowest BCUT2D eigenvalue weighted by atomic mass is 10.1. The van der Waals surface area contributed by atoms with Gasteiger partial charge in [0.05, 0.1) is 16.3 Å². The van der Waals surface area contributed by atoms with E-state index in [1.54, 1.807) is 11.3 Å². The maximum Gasteiger partial charge on any atom is 0.141 e. The van der Waals surface area contributed by atoms with Gasteiger partial charge in [-0.3, -0.25) is 0 Å². The summed E-state index contributed by atoms with van der Waals surface area (Å²) in [4.78, 5) is 6.22. The third kappa shape index (κ3) is 2.57. The standard InChI is InChI=1S/C21H18N2S/c1-15-13-14-18(23(15)2)21-22-19(16-9-5-3-6-10-16)20(24-21)17-11-7-4-8-12-17/h3-14H,1-2H3. The molecular formula is C21H18N2S. The molecule has 0 amide bonds. The highest BCUT2D eigenvalue weighted by molar-refractivity contribution is 7.18. The van der Waals surface area contributed by atoms with Crippen molar-refractivity contribution in [1.82, 2.24) is 9.55 Å². The molecule has 4 aromatic rings. The Balaban J connectivity index is 1.93. The van der Waals surface area contributed by atoms with Crippen LogP contribution in [0.4, 0.5) is 0 Å². The summed E-state index contributed by atoms with van der Waals surface area (Å²) in [5.41, 5.74) is 5.83. The van der Waals surface area contributed by atoms with E-state index in [1.807, 2.05) is 12.1 Å². The molecule has 2 nitrogen and oxygen atoms in total. The molecule has 2 heterocycles. The van der Waals surface area contributed by atoms with Gasteiger partial charge in [-0.15, -0.1) is 11.3 Å². The number of hydrogen-bond acceptors (Lipinski definition) is 2. The van der Waals surface area contributed by atoms with Gasteiger partial charge in [-0.1, -0.05) is 60.7 Å². The van der Waals surface area contributed by atoms with E-state index in [2.05, 4.69) is 79.2 Å². The van der Waals surface area contributed by atoms with Crippen molar-refractivity contribution in [2.24, 2.45) is 7.05 Å². The summed E-state index contributed by atoms with van der Waals surface area (Å²) in [6, 6.07) is 25.2. The molecule has 0 radical (unpaired) electrons. The summed E-state index contributed by atoms with van der Waals surface area (Å²) >= 11 is 1.76. The monoisotopic (exact) mass is 330 g/mol. The zero-order valence-electron chi connectivity index (χ0n) is 13.7. The van der Waals surface area contributed by atoms with Gasteiger partial charge in [-0.25, -0.2) is 4.98 Å². The van der Waals surface area contributed by atoms with Crippen molar-refractivity contribution in [3.63, 3.8) is 0 Å². The first kappa shape index (κ1) is 14.9. The highest BCUT2D eigenvalue weighted by atomic mass is 32.1. The third-order valence-corrected chi connectivity index (χ3v) is 5.43. The Morgan fingerprint density at radius 2 is 1.42 bits per heavy atom. The van der Waals surface area contributed by atoms with Crippen LogP contribution in [0, 0.1) is 6.92 Å². The zero-order valence-corrected chi connectivity index (χ0v) is 14.5. The minimum atomic E-state index is 1.06. The van der Waals surface area contributed by atoms with Crippen LogP contribution in [0.2, 0.25) is 0 Å². The normalized spacial score (nSPS) is 10.9. The molecule has 0 fully saturated rings. The fourth-order valence-electron chi connectivity index (χ4n) is 2.83. The third-order valence-electron chi connectivity index (χ3n) is 4.30. The van der Waals surface area contributed by atoms with Gasteiger partial charge in [0.1, 0.15) is 5.01 Å². The lowest BCUT2D eigenvalue weighted by Gasteiger charge is -2.02. The fraction of sp³-hybridized carbons (Fsp3) is 0.0952. The van der Waals surface area contributed by atoms with Crippen LogP contribution in [-0.4, -0.2) is 9.55 Å². The van der Waals surface area contributed by atoms with Crippen molar-refractivity contribution in [3.05, 3.63) is 78.5 Å². The largest absolute Gasteiger partial charge is 0.346 e. The molecular weight excluding hydrogens is 312 g/mol. The number of aryl methyl sites for hydroxylation is 1. The quantitative estimate of drug-likeness (QED) is 0.465. The number of benzene rings is 2. The average Bonchev–Trinajstić information content (AvgIpc) is 3.21. The van der Waals surface area contributed by atoms with Gasteiger partial charge >= 0.3 is 0 Å². The average molecular weight is 330 g/mol. The second-order valence-electron chi connectivity index (χ2n) is 5.85. The second kappa shape index (κ2) is 6.10. The number of nitrogens with zero attached hydrogens (tertiary/aromatic N) is 2. The van der Waals surface area contributed by atoms with E-state index in [4.69, 9.17) is 4.98 Å². The molecule has 0 aliphatic heterocycles. The van der Waals surface area contributed by atoms with E-state index < -0.39 is 0 Å². The zero-order chi connectivity index (χ0) is 16.5. The van der Waals surface area contributed by atoms with Gasteiger partial charge in [-0.05, 0) is 24.6 Å². The Morgan fingerprint density at radius 3 is 2.00 bits per heavy atom. The number of thiazole rings is 1. The highest BCUT2D eigenvalue weighted by Crippen LogP contribution is 2.40. The molecule has 118 valence electrons. The first-order valence-corrected chi connectivity index (χ1v) is 8.80. The molecule has 0 aliphatic rings. The number of rotatable bonds is 3. The molecule has 4 rings (SSSR count).